The Hall–Kier alpha value is -2.57. The van der Waals surface area contributed by atoms with E-state index in [0.29, 0.717) is 29.5 Å². The molecular weight excluding hydrogens is 426 g/mol. The first-order chi connectivity index (χ1) is 15.0. The van der Waals surface area contributed by atoms with Gasteiger partial charge in [0.25, 0.3) is 5.91 Å². The number of amides is 2. The molecule has 0 saturated carbocycles. The van der Waals surface area contributed by atoms with Gasteiger partial charge < -0.3 is 32.3 Å². The maximum atomic E-state index is 13.1. The smallest absolute Gasteiger partial charge is 0.257 e. The second-order valence-corrected chi connectivity index (χ2v) is 8.22. The Balaban J connectivity index is 0.00000363. The van der Waals surface area contributed by atoms with Crippen LogP contribution in [0.5, 0.6) is 5.75 Å². The Kier molecular flexibility index (Phi) is 10.0. The number of hydrogen-bond acceptors (Lipinski definition) is 3. The van der Waals surface area contributed by atoms with Gasteiger partial charge in [-0.15, -0.1) is 0 Å². The third kappa shape index (κ3) is 6.71. The fraction of sp³-hybridized carbons (Fsp3) is 0.440. The Bertz CT molecular complexity index is 883. The topological polar surface area (TPSA) is 63.1 Å². The number of halogens is 1. The molecule has 2 N–H and O–H groups in total. The molecule has 1 unspecified atom stereocenters. The highest BCUT2D eigenvalue weighted by Crippen LogP contribution is 2.26. The minimum Gasteiger partial charge on any atom is -1.00 e. The average Bonchev–Trinajstić information content (AvgIpc) is 2.82. The van der Waals surface area contributed by atoms with Crippen molar-refractivity contribution in [1.29, 1.82) is 0 Å². The van der Waals surface area contributed by atoms with Gasteiger partial charge in [-0.3, -0.25) is 9.59 Å². The summed E-state index contributed by atoms with van der Waals surface area (Å²) in [5, 5.41) is 2.81. The van der Waals surface area contributed by atoms with Gasteiger partial charge in [-0.25, -0.2) is 0 Å². The fourth-order valence-corrected chi connectivity index (χ4v) is 4.13. The van der Waals surface area contributed by atoms with Gasteiger partial charge in [-0.1, -0.05) is 37.3 Å². The lowest BCUT2D eigenvalue weighted by Gasteiger charge is -2.35. The highest BCUT2D eigenvalue weighted by Gasteiger charge is 2.29. The van der Waals surface area contributed by atoms with Gasteiger partial charge in [-0.05, 0) is 17.7 Å². The van der Waals surface area contributed by atoms with E-state index >= 15 is 0 Å². The number of nitrogens with one attached hydrogen (secondary N) is 2. The van der Waals surface area contributed by atoms with E-state index in [1.165, 1.54) is 10.5 Å². The van der Waals surface area contributed by atoms with Gasteiger partial charge in [-0.2, -0.15) is 0 Å². The standard InChI is InChI=1S/C25H33N3O3.ClH/c1-4-24(29)26-20-10-11-22(23(18-20)31-3)25(30)28-16-13-21(14-17-28)27(2)15-12-19-8-6-5-7-9-19;/h5-11,18,21H,4,12-17H2,1-3H3,(H,26,29);1H. The molecule has 2 amide bonds. The summed E-state index contributed by atoms with van der Waals surface area (Å²) in [4.78, 5) is 28.2. The second-order valence-electron chi connectivity index (χ2n) is 8.22. The van der Waals surface area contributed by atoms with Crippen molar-refractivity contribution in [2.75, 3.05) is 39.1 Å². The summed E-state index contributed by atoms with van der Waals surface area (Å²) < 4.78 is 5.44. The van der Waals surface area contributed by atoms with Crippen LogP contribution in [-0.2, 0) is 11.2 Å². The number of rotatable bonds is 8. The van der Waals surface area contributed by atoms with Crippen LogP contribution < -0.4 is 27.4 Å². The normalized spacial score (nSPS) is 14.9. The molecule has 1 aliphatic heterocycles. The molecule has 0 spiro atoms. The number of benzene rings is 2. The van der Waals surface area contributed by atoms with Gasteiger partial charge in [0.1, 0.15) is 5.75 Å². The molecule has 2 aromatic carbocycles. The van der Waals surface area contributed by atoms with E-state index in [0.717, 1.165) is 38.9 Å². The van der Waals surface area contributed by atoms with Crippen LogP contribution in [0.25, 0.3) is 0 Å². The first-order valence-electron chi connectivity index (χ1n) is 11.1. The number of piperidine rings is 1. The Labute approximate surface area is 197 Å². The minimum absolute atomic E-state index is 0. The van der Waals surface area contributed by atoms with E-state index in [-0.39, 0.29) is 24.2 Å². The largest absolute Gasteiger partial charge is 1.00 e. The molecule has 2 aromatic rings. The van der Waals surface area contributed by atoms with Crippen molar-refractivity contribution in [3.8, 4) is 5.75 Å². The third-order valence-corrected chi connectivity index (χ3v) is 6.17. The molecule has 1 saturated heterocycles. The molecule has 0 aliphatic carbocycles. The molecular formula is C25H34ClN3O3. The zero-order chi connectivity index (χ0) is 22.2. The molecule has 6 nitrogen and oxygen atoms in total. The number of likely N-dealkylation sites (N-methyl/N-ethyl adjacent to an activating group) is 1. The second kappa shape index (κ2) is 12.5. The summed E-state index contributed by atoms with van der Waals surface area (Å²) in [6.45, 7) is 4.41. The molecule has 1 fully saturated rings. The number of likely N-dealkylation sites (tertiary alicyclic amines) is 1. The van der Waals surface area contributed by atoms with Gasteiger partial charge in [0.05, 0.1) is 32.3 Å². The molecule has 1 aliphatic rings. The van der Waals surface area contributed by atoms with E-state index in [1.807, 2.05) is 4.90 Å². The number of quaternary nitrogens is 1. The number of carbonyl (C=O) groups excluding carboxylic acids is 2. The molecule has 174 valence electrons. The van der Waals surface area contributed by atoms with Crippen molar-refractivity contribution < 1.29 is 31.6 Å². The average molecular weight is 460 g/mol. The maximum Gasteiger partial charge on any atom is 0.257 e. The number of carbonyl (C=O) groups is 2. The molecule has 0 bridgehead atoms. The fourth-order valence-electron chi connectivity index (χ4n) is 4.13. The third-order valence-electron chi connectivity index (χ3n) is 6.17. The van der Waals surface area contributed by atoms with Crippen LogP contribution in [0.1, 0.15) is 42.1 Å². The summed E-state index contributed by atoms with van der Waals surface area (Å²) in [5.41, 5.74) is 2.56. The lowest BCUT2D eigenvalue weighted by molar-refractivity contribution is -0.907. The van der Waals surface area contributed by atoms with Crippen LogP contribution in [-0.4, -0.2) is 56.5 Å². The van der Waals surface area contributed by atoms with Gasteiger partial charge in [0.2, 0.25) is 5.91 Å². The summed E-state index contributed by atoms with van der Waals surface area (Å²) in [6.07, 6.45) is 3.47. The Morgan fingerprint density at radius 3 is 2.44 bits per heavy atom. The van der Waals surface area contributed by atoms with Crippen LogP contribution in [0.15, 0.2) is 48.5 Å². The van der Waals surface area contributed by atoms with Crippen LogP contribution >= 0.6 is 0 Å². The SMILES string of the molecule is CCC(=O)Nc1ccc(C(=O)N2CCC([NH+](C)CCc3ccccc3)CC2)c(OC)c1.[Cl-]. The molecule has 1 atom stereocenters. The van der Waals surface area contributed by atoms with Crippen molar-refractivity contribution in [3.63, 3.8) is 0 Å². The van der Waals surface area contributed by atoms with E-state index in [9.17, 15) is 9.59 Å². The highest BCUT2D eigenvalue weighted by molar-refractivity contribution is 5.98. The number of ether oxygens (including phenoxy) is 1. The monoisotopic (exact) mass is 459 g/mol. The van der Waals surface area contributed by atoms with E-state index in [4.69, 9.17) is 4.74 Å². The van der Waals surface area contributed by atoms with E-state index < -0.39 is 0 Å². The predicted octanol–water partition coefficient (Wildman–Crippen LogP) is -0.590. The minimum atomic E-state index is -0.0675. The number of anilines is 1. The summed E-state index contributed by atoms with van der Waals surface area (Å²) in [5.74, 6) is 0.416. The quantitative estimate of drug-likeness (QED) is 0.554. The summed E-state index contributed by atoms with van der Waals surface area (Å²) in [7, 11) is 3.81. The number of methoxy groups -OCH3 is 1. The summed E-state index contributed by atoms with van der Waals surface area (Å²) in [6, 6.07) is 16.4. The van der Waals surface area contributed by atoms with Crippen molar-refractivity contribution in [3.05, 3.63) is 59.7 Å². The van der Waals surface area contributed by atoms with Gasteiger partial charge >= 0.3 is 0 Å². The number of hydrogen-bond donors (Lipinski definition) is 2. The Morgan fingerprint density at radius 2 is 1.81 bits per heavy atom. The lowest BCUT2D eigenvalue weighted by atomic mass is 10.0. The molecule has 0 aromatic heterocycles. The van der Waals surface area contributed by atoms with Crippen molar-refractivity contribution >= 4 is 17.5 Å². The van der Waals surface area contributed by atoms with Crippen molar-refractivity contribution in [1.82, 2.24) is 4.90 Å². The van der Waals surface area contributed by atoms with Crippen LogP contribution in [0.4, 0.5) is 5.69 Å². The van der Waals surface area contributed by atoms with Crippen LogP contribution in [0.2, 0.25) is 0 Å². The van der Waals surface area contributed by atoms with E-state index in [2.05, 4.69) is 42.7 Å². The first kappa shape index (κ1) is 25.7. The lowest BCUT2D eigenvalue weighted by Crippen LogP contribution is -3.13. The number of nitrogens with zero attached hydrogens (tertiary/aromatic N) is 1. The highest BCUT2D eigenvalue weighted by atomic mass is 35.5. The molecule has 7 heteroatoms. The predicted molar refractivity (Wildman–Crippen MR) is 123 cm³/mol. The zero-order valence-corrected chi connectivity index (χ0v) is 20.0. The van der Waals surface area contributed by atoms with Crippen LogP contribution in [0.3, 0.4) is 0 Å². The van der Waals surface area contributed by atoms with Crippen molar-refractivity contribution in [2.45, 2.75) is 38.6 Å². The Morgan fingerprint density at radius 1 is 1.12 bits per heavy atom. The molecule has 1 heterocycles. The van der Waals surface area contributed by atoms with E-state index in [1.54, 1.807) is 32.2 Å². The molecule has 3 rings (SSSR count). The maximum absolute atomic E-state index is 13.1. The molecule has 32 heavy (non-hydrogen) atoms. The first-order valence-corrected chi connectivity index (χ1v) is 11.1. The van der Waals surface area contributed by atoms with Crippen molar-refractivity contribution in [2.24, 2.45) is 0 Å². The van der Waals surface area contributed by atoms with Gasteiger partial charge in [0.15, 0.2) is 0 Å². The van der Waals surface area contributed by atoms with Crippen LogP contribution in [0, 0.1) is 0 Å². The van der Waals surface area contributed by atoms with Gasteiger partial charge in [0, 0.05) is 50.5 Å². The molecule has 0 radical (unpaired) electrons. The summed E-state index contributed by atoms with van der Waals surface area (Å²) >= 11 is 0. The zero-order valence-electron chi connectivity index (χ0n) is 19.2.